The summed E-state index contributed by atoms with van der Waals surface area (Å²) in [5.74, 6) is 6.69. The first-order valence-corrected chi connectivity index (χ1v) is 5.06. The van der Waals surface area contributed by atoms with Crippen LogP contribution in [0, 0.1) is 18.8 Å². The van der Waals surface area contributed by atoms with Gasteiger partial charge in [-0.1, -0.05) is 11.8 Å². The lowest BCUT2D eigenvalue weighted by molar-refractivity contribution is 1.18. The maximum absolute atomic E-state index is 4.18. The molecule has 1 aromatic carbocycles. The lowest BCUT2D eigenvalue weighted by Gasteiger charge is -1.98. The van der Waals surface area contributed by atoms with Crippen LogP contribution in [0.4, 0.5) is 0 Å². The summed E-state index contributed by atoms with van der Waals surface area (Å²) in [5, 5.41) is 0. The molecule has 0 aliphatic carbocycles. The van der Waals surface area contributed by atoms with Crippen LogP contribution in [-0.4, -0.2) is 9.97 Å². The average molecular weight is 207 g/mol. The second-order valence-electron chi connectivity index (χ2n) is 3.20. The van der Waals surface area contributed by atoms with Gasteiger partial charge in [0.05, 0.1) is 0 Å². The highest BCUT2D eigenvalue weighted by Gasteiger charge is 1.98. The number of nitrogens with zero attached hydrogens (tertiary/aromatic N) is 2. The second-order valence-corrected chi connectivity index (χ2v) is 3.20. The number of benzene rings is 1. The molecule has 0 bridgehead atoms. The van der Waals surface area contributed by atoms with Gasteiger partial charge in [-0.05, 0) is 37.3 Å². The van der Waals surface area contributed by atoms with Crippen molar-refractivity contribution >= 4 is 0 Å². The van der Waals surface area contributed by atoms with E-state index in [-0.39, 0.29) is 0 Å². The fraction of sp³-hybridized carbons (Fsp3) is 0.0714. The predicted molar refractivity (Wildman–Crippen MR) is 64.3 cm³/mol. The first kappa shape index (κ1) is 10.4. The highest BCUT2D eigenvalue weighted by molar-refractivity contribution is 5.56. The van der Waals surface area contributed by atoms with E-state index in [9.17, 15) is 0 Å². The van der Waals surface area contributed by atoms with Crippen molar-refractivity contribution < 1.29 is 0 Å². The molecule has 0 atom stereocenters. The van der Waals surface area contributed by atoms with Crippen LogP contribution in [0.25, 0.3) is 11.4 Å². The zero-order valence-corrected chi connectivity index (χ0v) is 8.85. The van der Waals surface area contributed by atoms with Crippen LogP contribution >= 0.6 is 0 Å². The van der Waals surface area contributed by atoms with E-state index in [0.29, 0.717) is 6.42 Å². The van der Waals surface area contributed by atoms with E-state index in [0.717, 1.165) is 17.0 Å². The minimum Gasteiger partial charge on any atom is -0.237 e. The van der Waals surface area contributed by atoms with Gasteiger partial charge in [0.15, 0.2) is 5.82 Å². The molecule has 0 N–H and O–H groups in total. The Morgan fingerprint density at radius 1 is 1.06 bits per heavy atom. The summed E-state index contributed by atoms with van der Waals surface area (Å²) in [5.41, 5.74) is 1.99. The van der Waals surface area contributed by atoms with E-state index in [1.807, 2.05) is 24.3 Å². The van der Waals surface area contributed by atoms with Crippen molar-refractivity contribution in [2.45, 2.75) is 6.42 Å². The predicted octanol–water partition coefficient (Wildman–Crippen LogP) is 2.72. The molecular weight excluding hydrogens is 196 g/mol. The lowest BCUT2D eigenvalue weighted by atomic mass is 10.1. The maximum atomic E-state index is 4.18. The molecule has 77 valence electrons. The van der Waals surface area contributed by atoms with Crippen molar-refractivity contribution in [1.82, 2.24) is 9.97 Å². The molecule has 1 radical (unpaired) electrons. The molecule has 16 heavy (non-hydrogen) atoms. The Balaban J connectivity index is 2.26. The monoisotopic (exact) mass is 207 g/mol. The van der Waals surface area contributed by atoms with Crippen molar-refractivity contribution in [3.05, 3.63) is 55.2 Å². The SMILES string of the molecule is [CH2]CC#Cc1ccc(-c2ncccn2)cc1. The molecule has 0 aliphatic heterocycles. The van der Waals surface area contributed by atoms with Crippen molar-refractivity contribution in [3.8, 4) is 23.2 Å². The summed E-state index contributed by atoms with van der Waals surface area (Å²) in [6.45, 7) is 3.67. The summed E-state index contributed by atoms with van der Waals surface area (Å²) in [7, 11) is 0. The van der Waals surface area contributed by atoms with Gasteiger partial charge in [-0.2, -0.15) is 0 Å². The first-order chi connectivity index (χ1) is 7.90. The minimum atomic E-state index is 0.629. The fourth-order valence-electron chi connectivity index (χ4n) is 1.32. The third-order valence-corrected chi connectivity index (χ3v) is 2.07. The highest BCUT2D eigenvalue weighted by atomic mass is 14.8. The van der Waals surface area contributed by atoms with Crippen LogP contribution in [0.1, 0.15) is 12.0 Å². The standard InChI is InChI=1S/C14H11N2/c1-2-3-5-12-6-8-13(9-7-12)14-15-10-4-11-16-14/h4,6-11H,1-2H2. The smallest absolute Gasteiger partial charge is 0.159 e. The topological polar surface area (TPSA) is 25.8 Å². The molecule has 0 amide bonds. The molecule has 2 nitrogen and oxygen atoms in total. The maximum Gasteiger partial charge on any atom is 0.159 e. The molecule has 0 spiro atoms. The highest BCUT2D eigenvalue weighted by Crippen LogP contribution is 2.13. The summed E-state index contributed by atoms with van der Waals surface area (Å²) >= 11 is 0. The summed E-state index contributed by atoms with van der Waals surface area (Å²) < 4.78 is 0. The van der Waals surface area contributed by atoms with Gasteiger partial charge in [0.25, 0.3) is 0 Å². The lowest BCUT2D eigenvalue weighted by Crippen LogP contribution is -1.86. The van der Waals surface area contributed by atoms with Gasteiger partial charge in [0.1, 0.15) is 0 Å². The Labute approximate surface area is 95.4 Å². The zero-order chi connectivity index (χ0) is 11.2. The molecule has 2 aromatic rings. The molecule has 2 heteroatoms. The Kier molecular flexibility index (Phi) is 3.30. The third-order valence-electron chi connectivity index (χ3n) is 2.07. The van der Waals surface area contributed by atoms with Gasteiger partial charge in [-0.3, -0.25) is 0 Å². The van der Waals surface area contributed by atoms with Gasteiger partial charge >= 0.3 is 0 Å². The van der Waals surface area contributed by atoms with Crippen LogP contribution in [-0.2, 0) is 0 Å². The van der Waals surface area contributed by atoms with Crippen LogP contribution in [0.5, 0.6) is 0 Å². The zero-order valence-electron chi connectivity index (χ0n) is 8.85. The van der Waals surface area contributed by atoms with E-state index in [4.69, 9.17) is 0 Å². The number of aromatic nitrogens is 2. The van der Waals surface area contributed by atoms with Crippen molar-refractivity contribution in [2.75, 3.05) is 0 Å². The molecule has 1 aromatic heterocycles. The van der Waals surface area contributed by atoms with Gasteiger partial charge < -0.3 is 0 Å². The van der Waals surface area contributed by atoms with Gasteiger partial charge in [0, 0.05) is 29.9 Å². The minimum absolute atomic E-state index is 0.629. The summed E-state index contributed by atoms with van der Waals surface area (Å²) in [6, 6.07) is 9.69. The Morgan fingerprint density at radius 2 is 1.75 bits per heavy atom. The normalized spacial score (nSPS) is 9.31. The number of rotatable bonds is 1. The van der Waals surface area contributed by atoms with E-state index < -0.39 is 0 Å². The number of hydrogen-bond donors (Lipinski definition) is 0. The second kappa shape index (κ2) is 5.09. The van der Waals surface area contributed by atoms with Gasteiger partial charge in [-0.15, -0.1) is 0 Å². The molecule has 0 aliphatic rings. The Morgan fingerprint density at radius 3 is 2.38 bits per heavy atom. The van der Waals surface area contributed by atoms with Crippen molar-refractivity contribution in [3.63, 3.8) is 0 Å². The fourth-order valence-corrected chi connectivity index (χ4v) is 1.32. The van der Waals surface area contributed by atoms with Crippen molar-refractivity contribution in [2.24, 2.45) is 0 Å². The van der Waals surface area contributed by atoms with E-state index in [1.165, 1.54) is 0 Å². The van der Waals surface area contributed by atoms with E-state index in [2.05, 4.69) is 28.7 Å². The van der Waals surface area contributed by atoms with Crippen LogP contribution in [0.3, 0.4) is 0 Å². The number of hydrogen-bond acceptors (Lipinski definition) is 2. The van der Waals surface area contributed by atoms with Gasteiger partial charge in [0.2, 0.25) is 0 Å². The largest absolute Gasteiger partial charge is 0.237 e. The van der Waals surface area contributed by atoms with Crippen LogP contribution in [0.15, 0.2) is 42.7 Å². The van der Waals surface area contributed by atoms with Crippen LogP contribution in [0.2, 0.25) is 0 Å². The molecule has 1 heterocycles. The van der Waals surface area contributed by atoms with Crippen molar-refractivity contribution in [1.29, 1.82) is 0 Å². The van der Waals surface area contributed by atoms with Gasteiger partial charge in [-0.25, -0.2) is 9.97 Å². The molecule has 0 unspecified atom stereocenters. The molecule has 0 saturated heterocycles. The van der Waals surface area contributed by atoms with E-state index >= 15 is 0 Å². The third kappa shape index (κ3) is 2.46. The summed E-state index contributed by atoms with van der Waals surface area (Å²) in [4.78, 5) is 8.37. The summed E-state index contributed by atoms with van der Waals surface area (Å²) in [6.07, 6.45) is 4.10. The quantitative estimate of drug-likeness (QED) is 0.672. The first-order valence-electron chi connectivity index (χ1n) is 5.06. The molecular formula is C14H11N2. The Bertz CT molecular complexity index is 504. The average Bonchev–Trinajstić information content (AvgIpc) is 2.38. The molecule has 2 rings (SSSR count). The Hall–Kier alpha value is -2.14. The van der Waals surface area contributed by atoms with Crippen LogP contribution < -0.4 is 0 Å². The molecule has 0 saturated carbocycles. The van der Waals surface area contributed by atoms with E-state index in [1.54, 1.807) is 18.5 Å². The molecule has 0 fully saturated rings.